The Balaban J connectivity index is 1.54. The average molecular weight is 447 g/mol. The Hall–Kier alpha value is -3.78. The van der Waals surface area contributed by atoms with Gasteiger partial charge in [0.05, 0.1) is 16.0 Å². The minimum atomic E-state index is -0.449. The van der Waals surface area contributed by atoms with Crippen molar-refractivity contribution < 1.29 is 9.72 Å². The number of aryl methyl sites for hydroxylation is 2. The molecule has 0 radical (unpaired) electrons. The van der Waals surface area contributed by atoms with E-state index in [1.54, 1.807) is 18.3 Å². The van der Waals surface area contributed by atoms with E-state index in [9.17, 15) is 14.9 Å². The molecule has 0 saturated carbocycles. The summed E-state index contributed by atoms with van der Waals surface area (Å²) in [5, 5.41) is 15.8. The number of non-ortho nitro benzene ring substituents is 1. The van der Waals surface area contributed by atoms with Gasteiger partial charge in [0.25, 0.3) is 11.6 Å². The lowest BCUT2D eigenvalue weighted by Crippen LogP contribution is -2.16. The van der Waals surface area contributed by atoms with Gasteiger partial charge in [-0.2, -0.15) is 5.10 Å². The molecular weight excluding hydrogens is 424 g/mol. The molecule has 0 spiro atoms. The molecule has 162 valence electrons. The molecule has 0 aliphatic carbocycles. The number of rotatable bonds is 5. The predicted molar refractivity (Wildman–Crippen MR) is 128 cm³/mol. The first kappa shape index (κ1) is 21.5. The number of hydrazone groups is 1. The number of aromatic nitrogens is 1. The number of carbonyl (C=O) groups is 1. The van der Waals surface area contributed by atoms with Gasteiger partial charge in [0.1, 0.15) is 0 Å². The van der Waals surface area contributed by atoms with Crippen molar-refractivity contribution in [2.45, 2.75) is 27.7 Å². The SMILES string of the molecule is Cc1cccc(-n2c(C)cc(/C=N\NC(=O)c3cc4cc([N+](=O)[O-])ccc4s3)c2C)c1C. The highest BCUT2D eigenvalue weighted by atomic mass is 32.1. The Morgan fingerprint density at radius 2 is 1.91 bits per heavy atom. The zero-order valence-corrected chi connectivity index (χ0v) is 19.0. The molecule has 7 nitrogen and oxygen atoms in total. The van der Waals surface area contributed by atoms with Gasteiger partial charge in [-0.05, 0) is 63.1 Å². The van der Waals surface area contributed by atoms with Gasteiger partial charge >= 0.3 is 0 Å². The summed E-state index contributed by atoms with van der Waals surface area (Å²) in [6, 6.07) is 14.5. The van der Waals surface area contributed by atoms with E-state index in [1.165, 1.54) is 34.6 Å². The van der Waals surface area contributed by atoms with E-state index in [0.29, 0.717) is 10.3 Å². The number of hydrogen-bond acceptors (Lipinski definition) is 5. The minimum Gasteiger partial charge on any atom is -0.318 e. The highest BCUT2D eigenvalue weighted by Crippen LogP contribution is 2.29. The fraction of sp³-hybridized carbons (Fsp3) is 0.167. The first-order valence-corrected chi connectivity index (χ1v) is 10.8. The highest BCUT2D eigenvalue weighted by molar-refractivity contribution is 7.20. The third kappa shape index (κ3) is 3.92. The number of amides is 1. The van der Waals surface area contributed by atoms with E-state index in [4.69, 9.17) is 0 Å². The Morgan fingerprint density at radius 3 is 2.66 bits per heavy atom. The second kappa shape index (κ2) is 8.39. The second-order valence-electron chi connectivity index (χ2n) is 7.67. The molecule has 8 heteroatoms. The van der Waals surface area contributed by atoms with Gasteiger partial charge in [-0.25, -0.2) is 5.43 Å². The number of benzene rings is 2. The summed E-state index contributed by atoms with van der Waals surface area (Å²) in [5.74, 6) is -0.353. The molecule has 4 aromatic rings. The lowest BCUT2D eigenvalue weighted by Gasteiger charge is -2.14. The summed E-state index contributed by atoms with van der Waals surface area (Å²) in [5.41, 5.74) is 9.16. The molecule has 32 heavy (non-hydrogen) atoms. The maximum absolute atomic E-state index is 12.5. The van der Waals surface area contributed by atoms with Gasteiger partial charge in [-0.3, -0.25) is 14.9 Å². The molecule has 0 saturated heterocycles. The van der Waals surface area contributed by atoms with Crippen LogP contribution < -0.4 is 5.43 Å². The molecule has 1 N–H and O–H groups in total. The van der Waals surface area contributed by atoms with E-state index in [0.717, 1.165) is 27.3 Å². The standard InChI is InChI=1S/C24H22N4O3S/c1-14-6-5-7-21(16(14)3)27-15(2)10-19(17(27)4)13-25-26-24(29)23-12-18-11-20(28(30)31)8-9-22(18)32-23/h5-13H,1-4H3,(H,26,29)/b25-13-. The number of fused-ring (bicyclic) bond motifs is 1. The van der Waals surface area contributed by atoms with E-state index < -0.39 is 4.92 Å². The summed E-state index contributed by atoms with van der Waals surface area (Å²) in [6.45, 7) is 8.27. The number of nitro benzene ring substituents is 1. The lowest BCUT2D eigenvalue weighted by molar-refractivity contribution is -0.384. The van der Waals surface area contributed by atoms with E-state index in [-0.39, 0.29) is 11.6 Å². The predicted octanol–water partition coefficient (Wildman–Crippen LogP) is 5.60. The zero-order valence-electron chi connectivity index (χ0n) is 18.2. The minimum absolute atomic E-state index is 0.000479. The Kier molecular flexibility index (Phi) is 5.63. The van der Waals surface area contributed by atoms with Crippen LogP contribution in [0.25, 0.3) is 15.8 Å². The van der Waals surface area contributed by atoms with E-state index in [1.807, 2.05) is 26.0 Å². The van der Waals surface area contributed by atoms with Crippen molar-refractivity contribution in [3.8, 4) is 5.69 Å². The second-order valence-corrected chi connectivity index (χ2v) is 8.75. The first-order valence-electron chi connectivity index (χ1n) is 10.0. The Bertz CT molecular complexity index is 1400. The highest BCUT2D eigenvalue weighted by Gasteiger charge is 2.14. The number of nitrogens with one attached hydrogen (secondary N) is 1. The number of nitro groups is 1. The number of thiophene rings is 1. The summed E-state index contributed by atoms with van der Waals surface area (Å²) in [4.78, 5) is 23.5. The van der Waals surface area contributed by atoms with Crippen molar-refractivity contribution in [2.75, 3.05) is 0 Å². The summed E-state index contributed by atoms with van der Waals surface area (Å²) in [6.07, 6.45) is 1.64. The van der Waals surface area contributed by atoms with Crippen molar-refractivity contribution in [2.24, 2.45) is 5.10 Å². The fourth-order valence-electron chi connectivity index (χ4n) is 3.74. The van der Waals surface area contributed by atoms with Gasteiger partial charge in [-0.1, -0.05) is 12.1 Å². The van der Waals surface area contributed by atoms with E-state index in [2.05, 4.69) is 41.1 Å². The molecule has 0 aliphatic heterocycles. The molecule has 0 bridgehead atoms. The summed E-state index contributed by atoms with van der Waals surface area (Å²) in [7, 11) is 0. The van der Waals surface area contributed by atoms with Crippen LogP contribution in [0.15, 0.2) is 53.6 Å². The van der Waals surface area contributed by atoms with Gasteiger partial charge in [-0.15, -0.1) is 11.3 Å². The average Bonchev–Trinajstić information content (AvgIpc) is 3.30. The van der Waals surface area contributed by atoms with E-state index >= 15 is 0 Å². The lowest BCUT2D eigenvalue weighted by atomic mass is 10.1. The molecule has 0 aliphatic rings. The van der Waals surface area contributed by atoms with Crippen molar-refractivity contribution >= 4 is 39.2 Å². The van der Waals surface area contributed by atoms with Gasteiger partial charge in [0, 0.05) is 44.9 Å². The normalized spacial score (nSPS) is 11.4. The molecule has 4 rings (SSSR count). The molecule has 2 heterocycles. The number of carbonyl (C=O) groups excluding carboxylic acids is 1. The summed E-state index contributed by atoms with van der Waals surface area (Å²) >= 11 is 1.27. The van der Waals surface area contributed by atoms with Crippen LogP contribution in [-0.4, -0.2) is 21.6 Å². The zero-order chi connectivity index (χ0) is 23.0. The smallest absolute Gasteiger partial charge is 0.281 e. The molecule has 2 aromatic heterocycles. The summed E-state index contributed by atoms with van der Waals surface area (Å²) < 4.78 is 2.99. The van der Waals surface area contributed by atoms with Crippen LogP contribution in [0.4, 0.5) is 5.69 Å². The molecule has 2 aromatic carbocycles. The van der Waals surface area contributed by atoms with Crippen molar-refractivity contribution in [3.63, 3.8) is 0 Å². The van der Waals surface area contributed by atoms with Crippen LogP contribution in [0.5, 0.6) is 0 Å². The van der Waals surface area contributed by atoms with Crippen LogP contribution >= 0.6 is 11.3 Å². The maximum Gasteiger partial charge on any atom is 0.281 e. The topological polar surface area (TPSA) is 89.5 Å². The van der Waals surface area contributed by atoms with Crippen LogP contribution in [-0.2, 0) is 0 Å². The Morgan fingerprint density at radius 1 is 1.12 bits per heavy atom. The quantitative estimate of drug-likeness (QED) is 0.246. The van der Waals surface area contributed by atoms with Crippen LogP contribution in [0.2, 0.25) is 0 Å². The first-order chi connectivity index (χ1) is 15.3. The number of nitrogens with zero attached hydrogens (tertiary/aromatic N) is 3. The van der Waals surface area contributed by atoms with Crippen LogP contribution in [0.1, 0.15) is 37.7 Å². The van der Waals surface area contributed by atoms with Crippen LogP contribution in [0, 0.1) is 37.8 Å². The largest absolute Gasteiger partial charge is 0.318 e. The van der Waals surface area contributed by atoms with Crippen molar-refractivity contribution in [1.29, 1.82) is 0 Å². The Labute approximate surface area is 189 Å². The fourth-order valence-corrected chi connectivity index (χ4v) is 4.67. The molecule has 1 amide bonds. The monoisotopic (exact) mass is 446 g/mol. The molecule has 0 fully saturated rings. The van der Waals surface area contributed by atoms with Gasteiger partial charge in [0.2, 0.25) is 0 Å². The van der Waals surface area contributed by atoms with Crippen molar-refractivity contribution in [3.05, 3.63) is 91.6 Å². The maximum atomic E-state index is 12.5. The van der Waals surface area contributed by atoms with Crippen molar-refractivity contribution in [1.82, 2.24) is 9.99 Å². The van der Waals surface area contributed by atoms with Gasteiger partial charge in [0.15, 0.2) is 0 Å². The number of hydrogen-bond donors (Lipinski definition) is 1. The van der Waals surface area contributed by atoms with Crippen LogP contribution in [0.3, 0.4) is 0 Å². The molecular formula is C24H22N4O3S. The van der Waals surface area contributed by atoms with Gasteiger partial charge < -0.3 is 4.57 Å². The third-order valence-corrected chi connectivity index (χ3v) is 6.71. The third-order valence-electron chi connectivity index (χ3n) is 5.59. The molecule has 0 unspecified atom stereocenters. The molecule has 0 atom stereocenters.